The summed E-state index contributed by atoms with van der Waals surface area (Å²) in [7, 11) is -1.64. The lowest BCUT2D eigenvalue weighted by Crippen LogP contribution is -2.44. The molecule has 1 nitrogen and oxygen atoms in total. The Labute approximate surface area is 238 Å². The standard InChI is InChI=1S/C35H74OSi/c1-10-11-12-13-14-15-16-17-18-19-20-21-23-26-29-32(2)30-27-24-22-25-28-31-33(3)34(4)36-37(8,9)35(5,6)7/h32-34H,10-31H2,1-9H3/t32-,33-,34+/m0/s1. The van der Waals surface area contributed by atoms with E-state index in [0.717, 1.165) is 5.92 Å². The van der Waals surface area contributed by atoms with Crippen molar-refractivity contribution in [3.63, 3.8) is 0 Å². The first-order valence-corrected chi connectivity index (χ1v) is 20.1. The molecule has 224 valence electrons. The Hall–Kier alpha value is 0.177. The molecule has 0 bridgehead atoms. The van der Waals surface area contributed by atoms with Gasteiger partial charge in [0.05, 0.1) is 0 Å². The van der Waals surface area contributed by atoms with Gasteiger partial charge in [-0.15, -0.1) is 0 Å². The minimum Gasteiger partial charge on any atom is -0.414 e. The summed E-state index contributed by atoms with van der Waals surface area (Å²) in [6, 6.07) is 0. The Balaban J connectivity index is 3.48. The van der Waals surface area contributed by atoms with Gasteiger partial charge in [-0.25, -0.2) is 0 Å². The Bertz CT molecular complexity index is 480. The quantitative estimate of drug-likeness (QED) is 0.0785. The fraction of sp³-hybridized carbons (Fsp3) is 1.00. The molecule has 0 aromatic heterocycles. The zero-order valence-corrected chi connectivity index (χ0v) is 28.7. The van der Waals surface area contributed by atoms with Crippen LogP contribution in [0.25, 0.3) is 0 Å². The Morgan fingerprint density at radius 2 is 0.838 bits per heavy atom. The SMILES string of the molecule is CCCCCCCCCCCCCCCC[C@H](C)CCCCCCC[C@H](C)[C@@H](C)O[Si](C)(C)C(C)(C)C. The van der Waals surface area contributed by atoms with Crippen LogP contribution in [-0.4, -0.2) is 14.4 Å². The average molecular weight is 539 g/mol. The normalized spacial score (nSPS) is 15.2. The molecule has 0 spiro atoms. The van der Waals surface area contributed by atoms with Gasteiger partial charge < -0.3 is 4.43 Å². The third-order valence-corrected chi connectivity index (χ3v) is 14.1. The van der Waals surface area contributed by atoms with Crippen LogP contribution in [0.4, 0.5) is 0 Å². The summed E-state index contributed by atoms with van der Waals surface area (Å²) in [4.78, 5) is 0. The maximum absolute atomic E-state index is 6.61. The second-order valence-electron chi connectivity index (χ2n) is 14.4. The molecule has 0 aliphatic rings. The summed E-state index contributed by atoms with van der Waals surface area (Å²) in [5, 5.41) is 0.310. The van der Waals surface area contributed by atoms with E-state index in [1.807, 2.05) is 0 Å². The minimum absolute atomic E-state index is 0.310. The van der Waals surface area contributed by atoms with E-state index in [1.54, 1.807) is 0 Å². The smallest absolute Gasteiger partial charge is 0.192 e. The van der Waals surface area contributed by atoms with E-state index in [4.69, 9.17) is 4.43 Å². The summed E-state index contributed by atoms with van der Waals surface area (Å²) >= 11 is 0. The number of hydrogen-bond donors (Lipinski definition) is 0. The number of unbranched alkanes of at least 4 members (excludes halogenated alkanes) is 17. The maximum Gasteiger partial charge on any atom is 0.192 e. The molecule has 0 unspecified atom stereocenters. The fourth-order valence-electron chi connectivity index (χ4n) is 5.31. The van der Waals surface area contributed by atoms with E-state index in [1.165, 1.54) is 141 Å². The molecule has 0 saturated carbocycles. The molecule has 2 heteroatoms. The largest absolute Gasteiger partial charge is 0.414 e. The van der Waals surface area contributed by atoms with Crippen molar-refractivity contribution in [1.29, 1.82) is 0 Å². The Morgan fingerprint density at radius 3 is 1.19 bits per heavy atom. The predicted octanol–water partition coefficient (Wildman–Crippen LogP) is 13.3. The summed E-state index contributed by atoms with van der Waals surface area (Å²) in [6.07, 6.45) is 32.2. The maximum atomic E-state index is 6.61. The molecule has 37 heavy (non-hydrogen) atoms. The van der Waals surface area contributed by atoms with E-state index < -0.39 is 8.32 Å². The summed E-state index contributed by atoms with van der Waals surface area (Å²) < 4.78 is 6.61. The molecule has 0 aliphatic heterocycles. The molecule has 0 rings (SSSR count). The van der Waals surface area contributed by atoms with Crippen molar-refractivity contribution in [3.8, 4) is 0 Å². The highest BCUT2D eigenvalue weighted by atomic mass is 28.4. The highest BCUT2D eigenvalue weighted by Gasteiger charge is 2.39. The zero-order valence-electron chi connectivity index (χ0n) is 27.7. The summed E-state index contributed by atoms with van der Waals surface area (Å²) in [5.41, 5.74) is 0. The molecule has 0 amide bonds. The van der Waals surface area contributed by atoms with Gasteiger partial charge in [0.2, 0.25) is 0 Å². The topological polar surface area (TPSA) is 9.23 Å². The first-order valence-electron chi connectivity index (χ1n) is 17.2. The molecule has 0 heterocycles. The Kier molecular flexibility index (Phi) is 23.0. The predicted molar refractivity (Wildman–Crippen MR) is 173 cm³/mol. The van der Waals surface area contributed by atoms with Crippen molar-refractivity contribution in [2.75, 3.05) is 0 Å². The van der Waals surface area contributed by atoms with Gasteiger partial charge in [0.25, 0.3) is 0 Å². The second-order valence-corrected chi connectivity index (χ2v) is 19.2. The van der Waals surface area contributed by atoms with Crippen LogP contribution in [0.5, 0.6) is 0 Å². The van der Waals surface area contributed by atoms with Gasteiger partial charge in [-0.2, -0.15) is 0 Å². The van der Waals surface area contributed by atoms with E-state index >= 15 is 0 Å². The van der Waals surface area contributed by atoms with Gasteiger partial charge in [-0.05, 0) is 43.3 Å². The third kappa shape index (κ3) is 21.7. The van der Waals surface area contributed by atoms with Crippen LogP contribution in [0.2, 0.25) is 18.1 Å². The van der Waals surface area contributed by atoms with Crippen molar-refractivity contribution >= 4 is 8.32 Å². The second kappa shape index (κ2) is 22.9. The molecular weight excluding hydrogens is 464 g/mol. The van der Waals surface area contributed by atoms with Gasteiger partial charge in [-0.1, -0.05) is 176 Å². The first kappa shape index (κ1) is 37.2. The lowest BCUT2D eigenvalue weighted by molar-refractivity contribution is 0.136. The highest BCUT2D eigenvalue weighted by molar-refractivity contribution is 6.74. The molecular formula is C35H74OSi. The summed E-state index contributed by atoms with van der Waals surface area (Å²) in [6.45, 7) is 21.3. The van der Waals surface area contributed by atoms with Crippen LogP contribution in [0, 0.1) is 11.8 Å². The lowest BCUT2D eigenvalue weighted by Gasteiger charge is -2.40. The van der Waals surface area contributed by atoms with Crippen LogP contribution >= 0.6 is 0 Å². The molecule has 0 saturated heterocycles. The highest BCUT2D eigenvalue weighted by Crippen LogP contribution is 2.38. The van der Waals surface area contributed by atoms with Crippen LogP contribution in [0.3, 0.4) is 0 Å². The zero-order chi connectivity index (χ0) is 28.0. The van der Waals surface area contributed by atoms with Crippen molar-refractivity contribution in [1.82, 2.24) is 0 Å². The van der Waals surface area contributed by atoms with E-state index in [0.29, 0.717) is 17.1 Å². The molecule has 0 aromatic rings. The van der Waals surface area contributed by atoms with E-state index in [9.17, 15) is 0 Å². The van der Waals surface area contributed by atoms with Gasteiger partial charge >= 0.3 is 0 Å². The molecule has 0 N–H and O–H groups in total. The van der Waals surface area contributed by atoms with Crippen molar-refractivity contribution in [2.45, 2.75) is 214 Å². The number of rotatable bonds is 26. The van der Waals surface area contributed by atoms with Gasteiger partial charge in [0, 0.05) is 6.10 Å². The van der Waals surface area contributed by atoms with Crippen LogP contribution < -0.4 is 0 Å². The van der Waals surface area contributed by atoms with Crippen molar-refractivity contribution < 1.29 is 4.43 Å². The first-order chi connectivity index (χ1) is 17.5. The van der Waals surface area contributed by atoms with Crippen LogP contribution in [0.1, 0.15) is 190 Å². The van der Waals surface area contributed by atoms with E-state index in [-0.39, 0.29) is 0 Å². The molecule has 0 aromatic carbocycles. The van der Waals surface area contributed by atoms with Crippen molar-refractivity contribution in [2.24, 2.45) is 11.8 Å². The minimum atomic E-state index is -1.64. The molecule has 3 atom stereocenters. The van der Waals surface area contributed by atoms with Gasteiger partial charge in [0.1, 0.15) is 0 Å². The van der Waals surface area contributed by atoms with Gasteiger partial charge in [-0.3, -0.25) is 0 Å². The van der Waals surface area contributed by atoms with Crippen molar-refractivity contribution in [3.05, 3.63) is 0 Å². The molecule has 0 radical (unpaired) electrons. The fourth-order valence-corrected chi connectivity index (χ4v) is 6.83. The van der Waals surface area contributed by atoms with Crippen LogP contribution in [-0.2, 0) is 4.43 Å². The Morgan fingerprint density at radius 1 is 0.514 bits per heavy atom. The molecule has 0 fully saturated rings. The third-order valence-electron chi connectivity index (χ3n) is 9.49. The van der Waals surface area contributed by atoms with Crippen LogP contribution in [0.15, 0.2) is 0 Å². The lowest BCUT2D eigenvalue weighted by atomic mass is 9.95. The molecule has 0 aliphatic carbocycles. The number of hydrogen-bond acceptors (Lipinski definition) is 1. The monoisotopic (exact) mass is 539 g/mol. The summed E-state index contributed by atoms with van der Waals surface area (Å²) in [5.74, 6) is 1.62. The van der Waals surface area contributed by atoms with Gasteiger partial charge in [0.15, 0.2) is 8.32 Å². The van der Waals surface area contributed by atoms with E-state index in [2.05, 4.69) is 61.6 Å². The average Bonchev–Trinajstić information content (AvgIpc) is 2.82.